The predicted molar refractivity (Wildman–Crippen MR) is 68.6 cm³/mol. The van der Waals surface area contributed by atoms with E-state index in [4.69, 9.17) is 5.73 Å². The van der Waals surface area contributed by atoms with Crippen LogP contribution in [0.2, 0.25) is 0 Å². The van der Waals surface area contributed by atoms with Crippen molar-refractivity contribution in [3.05, 3.63) is 40.6 Å². The highest BCUT2D eigenvalue weighted by Gasteiger charge is 1.99. The second-order valence-electron chi connectivity index (χ2n) is 3.42. The Bertz CT molecular complexity index is 513. The zero-order valence-electron chi connectivity index (χ0n) is 8.74. The fraction of sp³-hybridized carbons (Fsp3) is 0.0909. The van der Waals surface area contributed by atoms with E-state index in [1.165, 1.54) is 6.33 Å². The second kappa shape index (κ2) is 4.49. The van der Waals surface area contributed by atoms with E-state index in [0.717, 1.165) is 15.7 Å². The summed E-state index contributed by atoms with van der Waals surface area (Å²) in [7, 11) is 0. The first-order valence-electron chi connectivity index (χ1n) is 4.76. The normalized spacial score (nSPS) is 10.1. The number of rotatable bonds is 2. The van der Waals surface area contributed by atoms with Gasteiger partial charge in [-0.1, -0.05) is 15.9 Å². The monoisotopic (exact) mass is 278 g/mol. The summed E-state index contributed by atoms with van der Waals surface area (Å²) in [5.74, 6) is 1.14. The van der Waals surface area contributed by atoms with Crippen molar-refractivity contribution in [1.29, 1.82) is 0 Å². The van der Waals surface area contributed by atoms with Crippen molar-refractivity contribution in [2.24, 2.45) is 0 Å². The summed E-state index contributed by atoms with van der Waals surface area (Å²) in [6, 6.07) is 7.68. The molecule has 1 aromatic carbocycles. The molecule has 0 saturated heterocycles. The van der Waals surface area contributed by atoms with Crippen LogP contribution >= 0.6 is 15.9 Å². The lowest BCUT2D eigenvalue weighted by molar-refractivity contribution is 1.17. The number of nitrogens with one attached hydrogen (secondary N) is 1. The average molecular weight is 279 g/mol. The van der Waals surface area contributed by atoms with Crippen LogP contribution in [0.25, 0.3) is 0 Å². The average Bonchev–Trinajstić information content (AvgIpc) is 2.24. The highest BCUT2D eigenvalue weighted by Crippen LogP contribution is 2.22. The van der Waals surface area contributed by atoms with Gasteiger partial charge in [0, 0.05) is 16.2 Å². The Balaban J connectivity index is 2.24. The van der Waals surface area contributed by atoms with Crippen molar-refractivity contribution in [3.8, 4) is 0 Å². The molecule has 5 heteroatoms. The number of nitrogens with zero attached hydrogens (tertiary/aromatic N) is 2. The van der Waals surface area contributed by atoms with Gasteiger partial charge in [-0.2, -0.15) is 0 Å². The number of halogens is 1. The molecule has 1 heterocycles. The largest absolute Gasteiger partial charge is 0.384 e. The zero-order valence-corrected chi connectivity index (χ0v) is 10.3. The molecule has 0 unspecified atom stereocenters. The first kappa shape index (κ1) is 10.9. The maximum Gasteiger partial charge on any atom is 0.135 e. The van der Waals surface area contributed by atoms with Gasteiger partial charge in [0.25, 0.3) is 0 Å². The zero-order chi connectivity index (χ0) is 11.5. The van der Waals surface area contributed by atoms with E-state index >= 15 is 0 Å². The Hall–Kier alpha value is -1.62. The maximum atomic E-state index is 5.57. The summed E-state index contributed by atoms with van der Waals surface area (Å²) in [5.41, 5.74) is 7.70. The second-order valence-corrected chi connectivity index (χ2v) is 4.27. The SMILES string of the molecule is Cc1cc(Nc2cc(N)ncn2)ccc1Br. The minimum atomic E-state index is 0.450. The number of aryl methyl sites for hydroxylation is 1. The van der Waals surface area contributed by atoms with Gasteiger partial charge in [0.05, 0.1) is 0 Å². The lowest BCUT2D eigenvalue weighted by Gasteiger charge is -2.07. The van der Waals surface area contributed by atoms with Crippen molar-refractivity contribution in [3.63, 3.8) is 0 Å². The molecule has 2 aromatic rings. The summed E-state index contributed by atoms with van der Waals surface area (Å²) in [6.45, 7) is 2.03. The topological polar surface area (TPSA) is 63.8 Å². The third-order valence-electron chi connectivity index (χ3n) is 2.12. The van der Waals surface area contributed by atoms with Crippen LogP contribution in [0.3, 0.4) is 0 Å². The molecule has 0 aliphatic carbocycles. The van der Waals surface area contributed by atoms with Gasteiger partial charge in [-0.15, -0.1) is 0 Å². The maximum absolute atomic E-state index is 5.57. The summed E-state index contributed by atoms with van der Waals surface area (Å²) >= 11 is 3.45. The molecule has 0 bridgehead atoms. The molecule has 0 aliphatic rings. The molecular formula is C11H11BrN4. The summed E-state index contributed by atoms with van der Waals surface area (Å²) in [5, 5.41) is 3.16. The molecule has 0 aliphatic heterocycles. The van der Waals surface area contributed by atoms with E-state index in [1.54, 1.807) is 6.07 Å². The number of nitrogen functional groups attached to an aromatic ring is 1. The molecule has 0 saturated carbocycles. The third-order valence-corrected chi connectivity index (χ3v) is 3.01. The standard InChI is InChI=1S/C11H11BrN4/c1-7-4-8(2-3-9(7)12)16-11-5-10(13)14-6-15-11/h2-6H,1H3,(H3,13,14,15,16). The Labute approximate surface area is 102 Å². The van der Waals surface area contributed by atoms with Crippen molar-refractivity contribution in [2.45, 2.75) is 6.92 Å². The molecule has 16 heavy (non-hydrogen) atoms. The van der Waals surface area contributed by atoms with Gasteiger partial charge < -0.3 is 11.1 Å². The van der Waals surface area contributed by atoms with E-state index in [2.05, 4.69) is 31.2 Å². The van der Waals surface area contributed by atoms with Crippen LogP contribution in [0.1, 0.15) is 5.56 Å². The van der Waals surface area contributed by atoms with Crippen LogP contribution in [0.4, 0.5) is 17.3 Å². The van der Waals surface area contributed by atoms with Gasteiger partial charge in [0.2, 0.25) is 0 Å². The van der Waals surface area contributed by atoms with Crippen LogP contribution in [0, 0.1) is 6.92 Å². The highest BCUT2D eigenvalue weighted by molar-refractivity contribution is 9.10. The summed E-state index contributed by atoms with van der Waals surface area (Å²) in [4.78, 5) is 7.91. The van der Waals surface area contributed by atoms with Crippen molar-refractivity contribution in [2.75, 3.05) is 11.1 Å². The Morgan fingerprint density at radius 1 is 1.25 bits per heavy atom. The van der Waals surface area contributed by atoms with Crippen molar-refractivity contribution >= 4 is 33.3 Å². The number of anilines is 3. The molecule has 1 aromatic heterocycles. The number of hydrogen-bond acceptors (Lipinski definition) is 4. The molecule has 2 rings (SSSR count). The lowest BCUT2D eigenvalue weighted by atomic mass is 10.2. The van der Waals surface area contributed by atoms with E-state index in [-0.39, 0.29) is 0 Å². The smallest absolute Gasteiger partial charge is 0.135 e. The molecule has 0 radical (unpaired) electrons. The van der Waals surface area contributed by atoms with Gasteiger partial charge >= 0.3 is 0 Å². The number of aromatic nitrogens is 2. The number of benzene rings is 1. The van der Waals surface area contributed by atoms with E-state index in [9.17, 15) is 0 Å². The van der Waals surface area contributed by atoms with Crippen LogP contribution in [-0.2, 0) is 0 Å². The predicted octanol–water partition coefficient (Wildman–Crippen LogP) is 2.87. The van der Waals surface area contributed by atoms with Gasteiger partial charge in [0.15, 0.2) is 0 Å². The molecule has 82 valence electrons. The number of nitrogens with two attached hydrogens (primary N) is 1. The molecule has 3 N–H and O–H groups in total. The molecule has 0 amide bonds. The Morgan fingerprint density at radius 2 is 2.06 bits per heavy atom. The van der Waals surface area contributed by atoms with Crippen LogP contribution in [0.15, 0.2) is 35.1 Å². The number of hydrogen-bond donors (Lipinski definition) is 2. The first-order chi connectivity index (χ1) is 7.65. The summed E-state index contributed by atoms with van der Waals surface area (Å²) in [6.07, 6.45) is 1.43. The molecule has 0 atom stereocenters. The van der Waals surface area contributed by atoms with Gasteiger partial charge in [0.1, 0.15) is 18.0 Å². The Kier molecular flexibility index (Phi) is 3.05. The Morgan fingerprint density at radius 3 is 2.75 bits per heavy atom. The van der Waals surface area contributed by atoms with E-state index in [1.807, 2.05) is 25.1 Å². The minimum Gasteiger partial charge on any atom is -0.384 e. The third kappa shape index (κ3) is 2.49. The van der Waals surface area contributed by atoms with Gasteiger partial charge in [-0.05, 0) is 30.7 Å². The van der Waals surface area contributed by atoms with Crippen LogP contribution in [-0.4, -0.2) is 9.97 Å². The fourth-order valence-electron chi connectivity index (χ4n) is 1.31. The van der Waals surface area contributed by atoms with Crippen LogP contribution < -0.4 is 11.1 Å². The fourth-order valence-corrected chi connectivity index (χ4v) is 1.56. The lowest BCUT2D eigenvalue weighted by Crippen LogP contribution is -1.97. The van der Waals surface area contributed by atoms with E-state index < -0.39 is 0 Å². The minimum absolute atomic E-state index is 0.450. The molecule has 4 nitrogen and oxygen atoms in total. The molecule has 0 spiro atoms. The van der Waals surface area contributed by atoms with Crippen molar-refractivity contribution in [1.82, 2.24) is 9.97 Å². The van der Waals surface area contributed by atoms with Gasteiger partial charge in [-0.3, -0.25) is 0 Å². The molecule has 0 fully saturated rings. The van der Waals surface area contributed by atoms with Crippen LogP contribution in [0.5, 0.6) is 0 Å². The quantitative estimate of drug-likeness (QED) is 0.887. The highest BCUT2D eigenvalue weighted by atomic mass is 79.9. The molecular weight excluding hydrogens is 268 g/mol. The van der Waals surface area contributed by atoms with Crippen molar-refractivity contribution < 1.29 is 0 Å². The van der Waals surface area contributed by atoms with E-state index in [0.29, 0.717) is 11.6 Å². The van der Waals surface area contributed by atoms with Gasteiger partial charge in [-0.25, -0.2) is 9.97 Å². The summed E-state index contributed by atoms with van der Waals surface area (Å²) < 4.78 is 1.08. The first-order valence-corrected chi connectivity index (χ1v) is 5.55.